The van der Waals surface area contributed by atoms with Crippen LogP contribution in [0.25, 0.3) is 0 Å². The van der Waals surface area contributed by atoms with Crippen LogP contribution in [0.15, 0.2) is 0 Å². The Bertz CT molecular complexity index is 250. The molecule has 0 amide bonds. The second-order valence-corrected chi connectivity index (χ2v) is 7.38. The van der Waals surface area contributed by atoms with Gasteiger partial charge in [-0.2, -0.15) is 0 Å². The summed E-state index contributed by atoms with van der Waals surface area (Å²) in [4.78, 5) is 2.85. The summed E-state index contributed by atoms with van der Waals surface area (Å²) in [7, 11) is 0. The predicted octanol–water partition coefficient (Wildman–Crippen LogP) is 3.42. The first kappa shape index (κ1) is 14.3. The van der Waals surface area contributed by atoms with Gasteiger partial charge in [-0.25, -0.2) is 0 Å². The normalized spacial score (nSPS) is 32.7. The summed E-state index contributed by atoms with van der Waals surface area (Å²) in [5, 5.41) is 3.79. The molecule has 0 bridgehead atoms. The Morgan fingerprint density at radius 3 is 2.33 bits per heavy atom. The zero-order chi connectivity index (χ0) is 13.2. The van der Waals surface area contributed by atoms with Crippen molar-refractivity contribution in [1.29, 1.82) is 0 Å². The molecule has 2 aliphatic rings. The van der Waals surface area contributed by atoms with E-state index in [0.717, 1.165) is 12.1 Å². The second-order valence-electron chi connectivity index (χ2n) is 7.38. The third-order valence-corrected chi connectivity index (χ3v) is 5.02. The summed E-state index contributed by atoms with van der Waals surface area (Å²) in [5.41, 5.74) is 0.381. The topological polar surface area (TPSA) is 15.3 Å². The lowest BCUT2D eigenvalue weighted by Gasteiger charge is -2.49. The highest BCUT2D eigenvalue weighted by molar-refractivity contribution is 4.94. The molecule has 1 aliphatic heterocycles. The first-order valence-corrected chi connectivity index (χ1v) is 8.01. The maximum absolute atomic E-state index is 3.79. The van der Waals surface area contributed by atoms with Gasteiger partial charge in [0.05, 0.1) is 0 Å². The SMILES string of the molecule is CCC1CNC(C(C)(C)C)CN1C1CCCCC1. The Labute approximate surface area is 114 Å². The molecule has 0 aromatic rings. The number of piperazine rings is 1. The van der Waals surface area contributed by atoms with Crippen LogP contribution < -0.4 is 5.32 Å². The predicted molar refractivity (Wildman–Crippen MR) is 78.9 cm³/mol. The molecule has 1 saturated carbocycles. The fourth-order valence-electron chi connectivity index (χ4n) is 3.64. The van der Waals surface area contributed by atoms with Crippen molar-refractivity contribution in [3.63, 3.8) is 0 Å². The van der Waals surface area contributed by atoms with E-state index in [1.165, 1.54) is 51.6 Å². The minimum absolute atomic E-state index is 0.381. The van der Waals surface area contributed by atoms with Crippen molar-refractivity contribution in [2.24, 2.45) is 5.41 Å². The van der Waals surface area contributed by atoms with Gasteiger partial charge < -0.3 is 5.32 Å². The summed E-state index contributed by atoms with van der Waals surface area (Å²) in [6.45, 7) is 11.9. The molecule has 1 aliphatic carbocycles. The van der Waals surface area contributed by atoms with Crippen LogP contribution in [0.1, 0.15) is 66.2 Å². The monoisotopic (exact) mass is 252 g/mol. The van der Waals surface area contributed by atoms with Gasteiger partial charge in [0.25, 0.3) is 0 Å². The Morgan fingerprint density at radius 1 is 1.11 bits per heavy atom. The number of hydrogen-bond donors (Lipinski definition) is 1. The summed E-state index contributed by atoms with van der Waals surface area (Å²) < 4.78 is 0. The van der Waals surface area contributed by atoms with Crippen molar-refractivity contribution in [3.8, 4) is 0 Å². The molecule has 0 spiro atoms. The minimum Gasteiger partial charge on any atom is -0.311 e. The molecular weight excluding hydrogens is 220 g/mol. The molecule has 106 valence electrons. The van der Waals surface area contributed by atoms with E-state index in [2.05, 4.69) is 37.9 Å². The van der Waals surface area contributed by atoms with E-state index >= 15 is 0 Å². The van der Waals surface area contributed by atoms with Gasteiger partial charge in [0, 0.05) is 31.2 Å². The van der Waals surface area contributed by atoms with Crippen LogP contribution in [0.5, 0.6) is 0 Å². The fraction of sp³-hybridized carbons (Fsp3) is 1.00. The van der Waals surface area contributed by atoms with Gasteiger partial charge in [0.2, 0.25) is 0 Å². The van der Waals surface area contributed by atoms with E-state index in [0.29, 0.717) is 11.5 Å². The van der Waals surface area contributed by atoms with Crippen molar-refractivity contribution in [1.82, 2.24) is 10.2 Å². The third-order valence-electron chi connectivity index (χ3n) is 5.02. The number of rotatable bonds is 2. The second kappa shape index (κ2) is 5.92. The highest BCUT2D eigenvalue weighted by Crippen LogP contribution is 2.30. The molecule has 2 nitrogen and oxygen atoms in total. The number of hydrogen-bond acceptors (Lipinski definition) is 2. The van der Waals surface area contributed by atoms with Crippen molar-refractivity contribution < 1.29 is 0 Å². The summed E-state index contributed by atoms with van der Waals surface area (Å²) in [6, 6.07) is 2.30. The van der Waals surface area contributed by atoms with Gasteiger partial charge in [0.15, 0.2) is 0 Å². The number of nitrogens with one attached hydrogen (secondary N) is 1. The molecule has 2 heteroatoms. The number of nitrogens with zero attached hydrogens (tertiary/aromatic N) is 1. The van der Waals surface area contributed by atoms with Gasteiger partial charge in [-0.1, -0.05) is 47.0 Å². The highest BCUT2D eigenvalue weighted by Gasteiger charge is 2.36. The lowest BCUT2D eigenvalue weighted by Crippen LogP contribution is -2.62. The lowest BCUT2D eigenvalue weighted by atomic mass is 9.83. The van der Waals surface area contributed by atoms with Gasteiger partial charge >= 0.3 is 0 Å². The highest BCUT2D eigenvalue weighted by atomic mass is 15.3. The molecule has 0 aromatic carbocycles. The van der Waals surface area contributed by atoms with Crippen LogP contribution >= 0.6 is 0 Å². The maximum Gasteiger partial charge on any atom is 0.0244 e. The summed E-state index contributed by atoms with van der Waals surface area (Å²) in [5.74, 6) is 0. The zero-order valence-electron chi connectivity index (χ0n) is 12.8. The van der Waals surface area contributed by atoms with Crippen LogP contribution in [0.4, 0.5) is 0 Å². The average molecular weight is 252 g/mol. The van der Waals surface area contributed by atoms with Gasteiger partial charge in [-0.15, -0.1) is 0 Å². The largest absolute Gasteiger partial charge is 0.311 e. The van der Waals surface area contributed by atoms with Crippen molar-refractivity contribution in [3.05, 3.63) is 0 Å². The van der Waals surface area contributed by atoms with Crippen LogP contribution in [0, 0.1) is 5.41 Å². The molecule has 2 atom stereocenters. The van der Waals surface area contributed by atoms with Crippen LogP contribution in [-0.2, 0) is 0 Å². The van der Waals surface area contributed by atoms with E-state index in [4.69, 9.17) is 0 Å². The third kappa shape index (κ3) is 3.27. The van der Waals surface area contributed by atoms with E-state index in [1.807, 2.05) is 0 Å². The molecule has 1 saturated heterocycles. The van der Waals surface area contributed by atoms with Crippen LogP contribution in [0.3, 0.4) is 0 Å². The van der Waals surface area contributed by atoms with Gasteiger partial charge in [-0.3, -0.25) is 4.90 Å². The van der Waals surface area contributed by atoms with Crippen LogP contribution in [-0.4, -0.2) is 36.1 Å². The van der Waals surface area contributed by atoms with E-state index in [9.17, 15) is 0 Å². The Hall–Kier alpha value is -0.0800. The van der Waals surface area contributed by atoms with E-state index < -0.39 is 0 Å². The summed E-state index contributed by atoms with van der Waals surface area (Å²) in [6.07, 6.45) is 8.53. The average Bonchev–Trinajstić information content (AvgIpc) is 2.38. The van der Waals surface area contributed by atoms with Gasteiger partial charge in [-0.05, 0) is 24.7 Å². The molecule has 0 radical (unpaired) electrons. The molecule has 1 N–H and O–H groups in total. The first-order chi connectivity index (χ1) is 8.52. The Balaban J connectivity index is 2.02. The van der Waals surface area contributed by atoms with Gasteiger partial charge in [0.1, 0.15) is 0 Å². The first-order valence-electron chi connectivity index (χ1n) is 8.01. The van der Waals surface area contributed by atoms with Crippen molar-refractivity contribution in [2.75, 3.05) is 13.1 Å². The molecule has 18 heavy (non-hydrogen) atoms. The Morgan fingerprint density at radius 2 is 1.78 bits per heavy atom. The summed E-state index contributed by atoms with van der Waals surface area (Å²) >= 11 is 0. The maximum atomic E-state index is 3.79. The molecule has 1 heterocycles. The fourth-order valence-corrected chi connectivity index (χ4v) is 3.64. The van der Waals surface area contributed by atoms with Crippen molar-refractivity contribution >= 4 is 0 Å². The molecule has 2 fully saturated rings. The standard InChI is InChI=1S/C16H32N2/c1-5-13-11-17-15(16(2,3)4)12-18(13)14-9-7-6-8-10-14/h13-15,17H,5-12H2,1-4H3. The molecule has 0 aromatic heterocycles. The smallest absolute Gasteiger partial charge is 0.0244 e. The lowest BCUT2D eigenvalue weighted by molar-refractivity contribution is 0.0336. The van der Waals surface area contributed by atoms with E-state index in [1.54, 1.807) is 0 Å². The molecule has 2 rings (SSSR count). The zero-order valence-corrected chi connectivity index (χ0v) is 12.8. The van der Waals surface area contributed by atoms with Crippen molar-refractivity contribution in [2.45, 2.75) is 84.3 Å². The van der Waals surface area contributed by atoms with Crippen LogP contribution in [0.2, 0.25) is 0 Å². The molecular formula is C16H32N2. The minimum atomic E-state index is 0.381. The Kier molecular flexibility index (Phi) is 4.71. The molecule has 2 unspecified atom stereocenters. The quantitative estimate of drug-likeness (QED) is 0.810. The van der Waals surface area contributed by atoms with E-state index in [-0.39, 0.29) is 0 Å².